The zero-order valence-electron chi connectivity index (χ0n) is 34.5. The van der Waals surface area contributed by atoms with Gasteiger partial charge in [-0.2, -0.15) is 34.1 Å². The molecule has 1 fully saturated rings. The van der Waals surface area contributed by atoms with Crippen molar-refractivity contribution in [2.75, 3.05) is 42.6 Å². The number of nitrogens with zero attached hydrogens (tertiary/aromatic N) is 3. The van der Waals surface area contributed by atoms with Gasteiger partial charge in [0.2, 0.25) is 15.7 Å². The number of rotatable bonds is 18. The first-order valence-corrected chi connectivity index (χ1v) is 25.9. The molecule has 0 amide bonds. The number of hydrogen-bond donors (Lipinski definition) is 4. The lowest BCUT2D eigenvalue weighted by Gasteiger charge is -2.29. The molecule has 3 aliphatic heterocycles. The molecule has 0 atom stereocenters. The first-order chi connectivity index (χ1) is 28.2. The van der Waals surface area contributed by atoms with Crippen LogP contribution < -0.4 is 4.90 Å². The van der Waals surface area contributed by atoms with E-state index in [0.29, 0.717) is 37.2 Å². The summed E-state index contributed by atoms with van der Waals surface area (Å²) in [4.78, 5) is 13.3. The fourth-order valence-electron chi connectivity index (χ4n) is 8.20. The molecule has 61 heavy (non-hydrogen) atoms. The van der Waals surface area contributed by atoms with Crippen LogP contribution in [0.1, 0.15) is 77.3 Å². The molecule has 0 aliphatic carbocycles. The molecule has 3 heterocycles. The number of carboxylic acids is 1. The monoisotopic (exact) mass is 924 g/mol. The van der Waals surface area contributed by atoms with Gasteiger partial charge in [-0.1, -0.05) is 44.2 Å². The standard InChI is InChI=1S/C41H53N3O13S4/c1-40(2)33-28-31(60(53,54)42-24-20-30(21-25-42)39(45)46)16-18-35(33)43(22-10-12-26-58(47,48)49)37(40)14-8-6-5-7-9-15-38-41(3,4)34-29-32(61(55,56)57)17-19-36(34)44(38)23-11-13-27-59(50,51)52/h5-9,14-19,28-30H,10-13,20-27H2,1-4H3,(H3-,45,46,47,48,49,50,51,52,55,56,57)/p+1. The van der Waals surface area contributed by atoms with Gasteiger partial charge in [-0.15, -0.1) is 0 Å². The molecule has 1 saturated heterocycles. The number of piperidine rings is 1. The quantitative estimate of drug-likeness (QED) is 0.0626. The molecule has 3 aliphatic rings. The third kappa shape index (κ3) is 11.3. The van der Waals surface area contributed by atoms with E-state index in [-0.39, 0.29) is 48.6 Å². The second kappa shape index (κ2) is 18.4. The van der Waals surface area contributed by atoms with Crippen LogP contribution in [0.5, 0.6) is 0 Å². The van der Waals surface area contributed by atoms with Crippen molar-refractivity contribution >= 4 is 63.4 Å². The Morgan fingerprint density at radius 2 is 1.31 bits per heavy atom. The van der Waals surface area contributed by atoms with Crippen LogP contribution in [0.25, 0.3) is 0 Å². The summed E-state index contributed by atoms with van der Waals surface area (Å²) in [5.41, 5.74) is 3.04. The number of benzene rings is 2. The predicted molar refractivity (Wildman–Crippen MR) is 232 cm³/mol. The number of anilines is 1. The molecule has 2 aromatic carbocycles. The van der Waals surface area contributed by atoms with Crippen LogP contribution >= 0.6 is 0 Å². The second-order valence-corrected chi connectivity index (χ2v) is 23.0. The summed E-state index contributed by atoms with van der Waals surface area (Å²) < 4.78 is 128. The summed E-state index contributed by atoms with van der Waals surface area (Å²) in [5.74, 6) is -2.33. The highest BCUT2D eigenvalue weighted by atomic mass is 32.2. The maximum absolute atomic E-state index is 13.8. The van der Waals surface area contributed by atoms with E-state index in [1.165, 1.54) is 22.5 Å². The molecule has 16 nitrogen and oxygen atoms in total. The summed E-state index contributed by atoms with van der Waals surface area (Å²) in [6.07, 6.45) is 14.4. The Labute approximate surface area is 359 Å². The largest absolute Gasteiger partial charge is 0.481 e. The zero-order chi connectivity index (χ0) is 45.2. The number of carboxylic acid groups (broad SMARTS) is 1. The first kappa shape index (κ1) is 48.0. The van der Waals surface area contributed by atoms with Gasteiger partial charge in [-0.05, 0) is 87.9 Å². The summed E-state index contributed by atoms with van der Waals surface area (Å²) in [6, 6.07) is 9.24. The summed E-state index contributed by atoms with van der Waals surface area (Å²) in [5, 5.41) is 9.39. The molecule has 2 aromatic rings. The molecule has 0 bridgehead atoms. The SMILES string of the molecule is CC1(C)C(/C=C/C=C/C=C/C=C2/N(CCCCS(=O)(=O)O)c3ccc(S(=O)(=O)O)cc3C2(C)C)=[N+](CCCCS(=O)(=O)O)c2ccc(S(=O)(=O)N3CCC(C(=O)O)CC3)cc21. The van der Waals surface area contributed by atoms with Crippen LogP contribution in [0.3, 0.4) is 0 Å². The highest BCUT2D eigenvalue weighted by Crippen LogP contribution is 2.48. The normalized spacial score (nSPS) is 19.5. The minimum absolute atomic E-state index is 0.0906. The van der Waals surface area contributed by atoms with Crippen molar-refractivity contribution in [3.8, 4) is 0 Å². The third-order valence-corrected chi connectivity index (χ3v) is 15.8. The van der Waals surface area contributed by atoms with Gasteiger partial charge in [0.15, 0.2) is 5.71 Å². The van der Waals surface area contributed by atoms with E-state index in [4.69, 9.17) is 0 Å². The minimum Gasteiger partial charge on any atom is -0.481 e. The van der Waals surface area contributed by atoms with Crippen LogP contribution in [0.4, 0.5) is 11.4 Å². The van der Waals surface area contributed by atoms with Crippen LogP contribution in [0.15, 0.2) is 94.4 Å². The van der Waals surface area contributed by atoms with Crippen molar-refractivity contribution < 1.29 is 61.8 Å². The molecule has 20 heteroatoms. The predicted octanol–water partition coefficient (Wildman–Crippen LogP) is 5.48. The van der Waals surface area contributed by atoms with Gasteiger partial charge >= 0.3 is 5.97 Å². The summed E-state index contributed by atoms with van der Waals surface area (Å²) in [7, 11) is -16.7. The van der Waals surface area contributed by atoms with Gasteiger partial charge in [0, 0.05) is 60.6 Å². The summed E-state index contributed by atoms with van der Waals surface area (Å²) in [6.45, 7) is 8.69. The van der Waals surface area contributed by atoms with Crippen molar-refractivity contribution in [1.29, 1.82) is 0 Å². The molecule has 4 N–H and O–H groups in total. The zero-order valence-corrected chi connectivity index (χ0v) is 37.8. The average molecular weight is 925 g/mol. The van der Waals surface area contributed by atoms with Crippen molar-refractivity contribution in [2.24, 2.45) is 5.92 Å². The number of unbranched alkanes of at least 4 members (excludes halogenated alkanes) is 2. The van der Waals surface area contributed by atoms with Crippen LogP contribution in [-0.2, 0) is 56.0 Å². The number of aliphatic carboxylic acids is 1. The molecule has 5 rings (SSSR count). The van der Waals surface area contributed by atoms with Crippen molar-refractivity contribution in [1.82, 2.24) is 4.31 Å². The Morgan fingerprint density at radius 3 is 1.92 bits per heavy atom. The first-order valence-electron chi connectivity index (χ1n) is 19.8. The third-order valence-electron chi connectivity index (χ3n) is 11.5. The lowest BCUT2D eigenvalue weighted by Crippen LogP contribution is -2.40. The number of sulfonamides is 1. The van der Waals surface area contributed by atoms with Crippen LogP contribution in [-0.4, -0.2) is 111 Å². The van der Waals surface area contributed by atoms with Gasteiger partial charge in [0.1, 0.15) is 6.54 Å². The smallest absolute Gasteiger partial charge is 0.306 e. The van der Waals surface area contributed by atoms with E-state index >= 15 is 0 Å². The Bertz CT molecular complexity index is 2640. The Hall–Kier alpha value is -4.02. The van der Waals surface area contributed by atoms with Gasteiger partial charge in [-0.25, -0.2) is 8.42 Å². The maximum atomic E-state index is 13.8. The van der Waals surface area contributed by atoms with Crippen molar-refractivity contribution in [2.45, 2.75) is 86.8 Å². The fraction of sp³-hybridized carbons (Fsp3) is 0.463. The number of allylic oxidation sites excluding steroid dienone is 8. The molecular weight excluding hydrogens is 871 g/mol. The van der Waals surface area contributed by atoms with E-state index in [1.54, 1.807) is 42.5 Å². The van der Waals surface area contributed by atoms with E-state index in [1.807, 2.05) is 55.4 Å². The molecule has 0 spiro atoms. The minimum atomic E-state index is -4.48. The van der Waals surface area contributed by atoms with Gasteiger partial charge in [0.05, 0.1) is 32.6 Å². The molecule has 334 valence electrons. The molecule has 0 saturated carbocycles. The molecular formula is C41H54N3O13S4+. The Kier molecular flexibility index (Phi) is 14.5. The van der Waals surface area contributed by atoms with Gasteiger partial charge < -0.3 is 10.0 Å². The van der Waals surface area contributed by atoms with Crippen LogP contribution in [0.2, 0.25) is 0 Å². The fourth-order valence-corrected chi connectivity index (χ4v) is 11.3. The second-order valence-electron chi connectivity index (χ2n) is 16.5. The van der Waals surface area contributed by atoms with E-state index < -0.39 is 74.6 Å². The molecule has 0 unspecified atom stereocenters. The van der Waals surface area contributed by atoms with Gasteiger partial charge in [-0.3, -0.25) is 18.5 Å². The van der Waals surface area contributed by atoms with Crippen molar-refractivity contribution in [3.05, 3.63) is 95.8 Å². The van der Waals surface area contributed by atoms with Gasteiger partial charge in [0.25, 0.3) is 30.4 Å². The maximum Gasteiger partial charge on any atom is 0.306 e. The molecule has 0 radical (unpaired) electrons. The number of carbonyl (C=O) groups is 1. The molecule has 0 aromatic heterocycles. The topological polar surface area (TPSA) is 244 Å². The van der Waals surface area contributed by atoms with E-state index in [0.717, 1.165) is 22.7 Å². The Balaban J connectivity index is 1.39. The average Bonchev–Trinajstić information content (AvgIpc) is 3.50. The highest BCUT2D eigenvalue weighted by molar-refractivity contribution is 7.89. The van der Waals surface area contributed by atoms with E-state index in [2.05, 4.69) is 0 Å². The van der Waals surface area contributed by atoms with Crippen molar-refractivity contribution in [3.63, 3.8) is 0 Å². The Morgan fingerprint density at radius 1 is 0.738 bits per heavy atom. The van der Waals surface area contributed by atoms with E-state index in [9.17, 15) is 57.2 Å². The number of hydrogen-bond acceptors (Lipinski definition) is 10. The lowest BCUT2D eigenvalue weighted by molar-refractivity contribution is -0.438. The lowest BCUT2D eigenvalue weighted by atomic mass is 9.81. The number of fused-ring (bicyclic) bond motifs is 2. The highest BCUT2D eigenvalue weighted by Gasteiger charge is 2.45. The van der Waals surface area contributed by atoms with Crippen LogP contribution in [0, 0.1) is 5.92 Å². The summed E-state index contributed by atoms with van der Waals surface area (Å²) >= 11 is 0.